The second kappa shape index (κ2) is 4.97. The maximum absolute atomic E-state index is 12.2. The van der Waals surface area contributed by atoms with Gasteiger partial charge in [-0.05, 0) is 32.7 Å². The molecule has 1 saturated heterocycles. The fourth-order valence-electron chi connectivity index (χ4n) is 2.84. The summed E-state index contributed by atoms with van der Waals surface area (Å²) >= 11 is 0. The van der Waals surface area contributed by atoms with Crippen LogP contribution >= 0.6 is 0 Å². The zero-order chi connectivity index (χ0) is 10.7. The van der Waals surface area contributed by atoms with Gasteiger partial charge in [0.25, 0.3) is 0 Å². The normalized spacial score (nSPS) is 28.3. The third kappa shape index (κ3) is 2.51. The number of amides is 1. The van der Waals surface area contributed by atoms with Gasteiger partial charge in [0, 0.05) is 25.0 Å². The van der Waals surface area contributed by atoms with Gasteiger partial charge in [-0.25, -0.2) is 0 Å². The molecular formula is C12H22N2O. The molecule has 2 rings (SSSR count). The minimum Gasteiger partial charge on any atom is -0.341 e. The molecule has 0 bridgehead atoms. The standard InChI is InChI=1S/C12H22N2O/c1-13-11-7-4-8-14(9-11)12(15)10-5-2-3-6-10/h10-11,13H,2-9H2,1H3/t11-/m0/s1. The molecule has 1 heterocycles. The van der Waals surface area contributed by atoms with Crippen molar-refractivity contribution in [2.24, 2.45) is 5.92 Å². The predicted molar refractivity (Wildman–Crippen MR) is 60.6 cm³/mol. The van der Waals surface area contributed by atoms with Crippen LogP contribution in [0.4, 0.5) is 0 Å². The van der Waals surface area contributed by atoms with Crippen molar-refractivity contribution in [3.63, 3.8) is 0 Å². The highest BCUT2D eigenvalue weighted by Crippen LogP contribution is 2.27. The summed E-state index contributed by atoms with van der Waals surface area (Å²) in [6, 6.07) is 0.518. The van der Waals surface area contributed by atoms with Crippen LogP contribution in [0.15, 0.2) is 0 Å². The Morgan fingerprint density at radius 1 is 1.20 bits per heavy atom. The number of nitrogens with one attached hydrogen (secondary N) is 1. The number of carbonyl (C=O) groups is 1. The molecule has 3 nitrogen and oxygen atoms in total. The van der Waals surface area contributed by atoms with Crippen LogP contribution in [0.5, 0.6) is 0 Å². The molecule has 0 radical (unpaired) electrons. The first-order chi connectivity index (χ1) is 7.31. The summed E-state index contributed by atoms with van der Waals surface area (Å²) in [5, 5.41) is 3.29. The number of likely N-dealkylation sites (N-methyl/N-ethyl adjacent to an activating group) is 1. The molecule has 0 aromatic heterocycles. The molecule has 1 aliphatic carbocycles. The molecular weight excluding hydrogens is 188 g/mol. The zero-order valence-corrected chi connectivity index (χ0v) is 9.67. The van der Waals surface area contributed by atoms with Crippen molar-refractivity contribution in [1.82, 2.24) is 10.2 Å². The average molecular weight is 210 g/mol. The first-order valence-corrected chi connectivity index (χ1v) is 6.27. The van der Waals surface area contributed by atoms with Gasteiger partial charge in [0.15, 0.2) is 0 Å². The first kappa shape index (κ1) is 10.9. The van der Waals surface area contributed by atoms with Crippen molar-refractivity contribution < 1.29 is 4.79 Å². The first-order valence-electron chi connectivity index (χ1n) is 6.27. The van der Waals surface area contributed by atoms with Crippen molar-refractivity contribution in [3.8, 4) is 0 Å². The summed E-state index contributed by atoms with van der Waals surface area (Å²) in [5.74, 6) is 0.771. The van der Waals surface area contributed by atoms with E-state index in [0.29, 0.717) is 17.9 Å². The molecule has 2 fully saturated rings. The number of nitrogens with zero attached hydrogens (tertiary/aromatic N) is 1. The Hall–Kier alpha value is -0.570. The highest BCUT2D eigenvalue weighted by Gasteiger charge is 2.29. The molecule has 1 N–H and O–H groups in total. The molecule has 0 spiro atoms. The maximum atomic E-state index is 12.2. The molecule has 1 atom stereocenters. The topological polar surface area (TPSA) is 32.3 Å². The van der Waals surface area contributed by atoms with Gasteiger partial charge < -0.3 is 10.2 Å². The van der Waals surface area contributed by atoms with Crippen LogP contribution in [0.1, 0.15) is 38.5 Å². The highest BCUT2D eigenvalue weighted by molar-refractivity contribution is 5.79. The predicted octanol–water partition coefficient (Wildman–Crippen LogP) is 1.39. The van der Waals surface area contributed by atoms with Crippen LogP contribution in [0.25, 0.3) is 0 Å². The minimum absolute atomic E-state index is 0.348. The fourth-order valence-corrected chi connectivity index (χ4v) is 2.84. The van der Waals surface area contributed by atoms with Gasteiger partial charge in [0.2, 0.25) is 5.91 Å². The van der Waals surface area contributed by atoms with Crippen LogP contribution < -0.4 is 5.32 Å². The molecule has 1 amide bonds. The van der Waals surface area contributed by atoms with Gasteiger partial charge in [-0.15, -0.1) is 0 Å². The van der Waals surface area contributed by atoms with Crippen LogP contribution in [-0.2, 0) is 4.79 Å². The lowest BCUT2D eigenvalue weighted by molar-refractivity contribution is -0.136. The Kier molecular flexibility index (Phi) is 3.62. The Balaban J connectivity index is 1.88. The number of rotatable bonds is 2. The third-order valence-electron chi connectivity index (χ3n) is 3.85. The smallest absolute Gasteiger partial charge is 0.225 e. The molecule has 1 aliphatic heterocycles. The van der Waals surface area contributed by atoms with E-state index in [-0.39, 0.29) is 0 Å². The third-order valence-corrected chi connectivity index (χ3v) is 3.85. The van der Waals surface area contributed by atoms with Crippen molar-refractivity contribution in [3.05, 3.63) is 0 Å². The van der Waals surface area contributed by atoms with Gasteiger partial charge in [-0.2, -0.15) is 0 Å². The molecule has 0 aromatic rings. The van der Waals surface area contributed by atoms with Crippen LogP contribution in [0.2, 0.25) is 0 Å². The number of hydrogen-bond donors (Lipinski definition) is 1. The summed E-state index contributed by atoms with van der Waals surface area (Å²) in [5.41, 5.74) is 0. The quantitative estimate of drug-likeness (QED) is 0.747. The monoisotopic (exact) mass is 210 g/mol. The molecule has 0 unspecified atom stereocenters. The van der Waals surface area contributed by atoms with E-state index in [1.54, 1.807) is 0 Å². The number of carbonyl (C=O) groups excluding carboxylic acids is 1. The maximum Gasteiger partial charge on any atom is 0.225 e. The van der Waals surface area contributed by atoms with E-state index in [9.17, 15) is 4.79 Å². The van der Waals surface area contributed by atoms with Gasteiger partial charge >= 0.3 is 0 Å². The second-order valence-electron chi connectivity index (χ2n) is 4.89. The van der Waals surface area contributed by atoms with E-state index in [2.05, 4.69) is 10.2 Å². The number of piperidine rings is 1. The summed E-state index contributed by atoms with van der Waals surface area (Å²) in [6.45, 7) is 1.90. The van der Waals surface area contributed by atoms with Crippen LogP contribution in [0.3, 0.4) is 0 Å². The largest absolute Gasteiger partial charge is 0.341 e. The van der Waals surface area contributed by atoms with E-state index in [1.807, 2.05) is 7.05 Å². The molecule has 3 heteroatoms. The fraction of sp³-hybridized carbons (Fsp3) is 0.917. The number of likely N-dealkylation sites (tertiary alicyclic amines) is 1. The molecule has 15 heavy (non-hydrogen) atoms. The van der Waals surface area contributed by atoms with Gasteiger partial charge in [-0.3, -0.25) is 4.79 Å². The molecule has 1 saturated carbocycles. The Bertz CT molecular complexity index is 224. The van der Waals surface area contributed by atoms with Crippen molar-refractivity contribution in [2.75, 3.05) is 20.1 Å². The van der Waals surface area contributed by atoms with E-state index >= 15 is 0 Å². The summed E-state index contributed by atoms with van der Waals surface area (Å²) in [7, 11) is 1.99. The number of hydrogen-bond acceptors (Lipinski definition) is 2. The van der Waals surface area contributed by atoms with E-state index in [1.165, 1.54) is 19.3 Å². The lowest BCUT2D eigenvalue weighted by Gasteiger charge is -2.34. The van der Waals surface area contributed by atoms with E-state index < -0.39 is 0 Å². The Labute approximate surface area is 92.2 Å². The van der Waals surface area contributed by atoms with E-state index in [0.717, 1.165) is 32.4 Å². The Morgan fingerprint density at radius 3 is 2.60 bits per heavy atom. The summed E-state index contributed by atoms with van der Waals surface area (Å²) in [4.78, 5) is 14.2. The molecule has 2 aliphatic rings. The average Bonchev–Trinajstić information content (AvgIpc) is 2.81. The van der Waals surface area contributed by atoms with Crippen molar-refractivity contribution in [2.45, 2.75) is 44.6 Å². The molecule has 0 aromatic carbocycles. The summed E-state index contributed by atoms with van der Waals surface area (Å²) < 4.78 is 0. The van der Waals surface area contributed by atoms with Crippen LogP contribution in [0, 0.1) is 5.92 Å². The Morgan fingerprint density at radius 2 is 1.93 bits per heavy atom. The zero-order valence-electron chi connectivity index (χ0n) is 9.67. The highest BCUT2D eigenvalue weighted by atomic mass is 16.2. The SMILES string of the molecule is CN[C@H]1CCCN(C(=O)C2CCCC2)C1. The van der Waals surface area contributed by atoms with Gasteiger partial charge in [0.1, 0.15) is 0 Å². The molecule has 86 valence electrons. The van der Waals surface area contributed by atoms with E-state index in [4.69, 9.17) is 0 Å². The lowest BCUT2D eigenvalue weighted by Crippen LogP contribution is -2.48. The van der Waals surface area contributed by atoms with Gasteiger partial charge in [0.05, 0.1) is 0 Å². The van der Waals surface area contributed by atoms with Gasteiger partial charge in [-0.1, -0.05) is 12.8 Å². The van der Waals surface area contributed by atoms with Crippen molar-refractivity contribution in [1.29, 1.82) is 0 Å². The minimum atomic E-state index is 0.348. The van der Waals surface area contributed by atoms with Crippen LogP contribution in [-0.4, -0.2) is 37.0 Å². The summed E-state index contributed by atoms with van der Waals surface area (Å²) in [6.07, 6.45) is 7.12. The second-order valence-corrected chi connectivity index (χ2v) is 4.89. The lowest BCUT2D eigenvalue weighted by atomic mass is 10.0. The van der Waals surface area contributed by atoms with Crippen molar-refractivity contribution >= 4 is 5.91 Å².